The molecule has 0 spiro atoms. The minimum absolute atomic E-state index is 0.107. The third-order valence-electron chi connectivity index (χ3n) is 3.23. The second-order valence-electron chi connectivity index (χ2n) is 4.20. The lowest BCUT2D eigenvalue weighted by Gasteiger charge is -2.30. The van der Waals surface area contributed by atoms with E-state index in [1.165, 1.54) is 0 Å². The van der Waals surface area contributed by atoms with Gasteiger partial charge in [0.2, 0.25) is 0 Å². The normalized spacial score (nSPS) is 11.4. The molecule has 1 aromatic rings. The number of nitrogens with one attached hydrogen (secondary N) is 1. The molecular weight excluding hydrogens is 273 g/mol. The average molecular weight is 290 g/mol. The molecule has 2 N–H and O–H groups in total. The first kappa shape index (κ1) is 15.3. The lowest BCUT2D eigenvalue weighted by atomic mass is 9.93. The lowest BCUT2D eigenvalue weighted by molar-refractivity contribution is 0.0818. The minimum atomic E-state index is -0.608. The smallest absolute Gasteiger partial charge is 0.253 e. The first-order chi connectivity index (χ1) is 8.49. The van der Waals surface area contributed by atoms with Gasteiger partial charge < -0.3 is 10.4 Å². The Kier molecular flexibility index (Phi) is 5.45. The Balaban J connectivity index is 2.98. The van der Waals surface area contributed by atoms with Crippen molar-refractivity contribution in [1.29, 1.82) is 0 Å². The molecule has 0 heterocycles. The van der Waals surface area contributed by atoms with Crippen molar-refractivity contribution >= 4 is 29.1 Å². The van der Waals surface area contributed by atoms with Crippen molar-refractivity contribution in [3.05, 3.63) is 33.8 Å². The molecule has 0 radical (unpaired) electrons. The van der Waals surface area contributed by atoms with Crippen LogP contribution in [0.5, 0.6) is 0 Å². The number of hydrogen-bond donors (Lipinski definition) is 2. The highest BCUT2D eigenvalue weighted by Gasteiger charge is 2.28. The van der Waals surface area contributed by atoms with Gasteiger partial charge in [-0.3, -0.25) is 4.79 Å². The summed E-state index contributed by atoms with van der Waals surface area (Å²) in [5.74, 6) is -0.319. The quantitative estimate of drug-likeness (QED) is 0.874. The molecule has 1 amide bonds. The third kappa shape index (κ3) is 3.16. The first-order valence-electron chi connectivity index (χ1n) is 5.87. The molecule has 0 bridgehead atoms. The maximum Gasteiger partial charge on any atom is 0.253 e. The summed E-state index contributed by atoms with van der Waals surface area (Å²) in [6, 6.07) is 4.90. The number of rotatable bonds is 5. The van der Waals surface area contributed by atoms with Crippen molar-refractivity contribution in [2.24, 2.45) is 0 Å². The van der Waals surface area contributed by atoms with Crippen molar-refractivity contribution in [3.8, 4) is 0 Å². The highest BCUT2D eigenvalue weighted by molar-refractivity contribution is 6.43. The van der Waals surface area contributed by atoms with Gasteiger partial charge in [-0.15, -0.1) is 0 Å². The van der Waals surface area contributed by atoms with Gasteiger partial charge in [-0.1, -0.05) is 43.1 Å². The Morgan fingerprint density at radius 3 is 2.44 bits per heavy atom. The Bertz CT molecular complexity index is 423. The van der Waals surface area contributed by atoms with Crippen LogP contribution in [0.15, 0.2) is 18.2 Å². The van der Waals surface area contributed by atoms with Crippen LogP contribution in [0.2, 0.25) is 10.0 Å². The van der Waals surface area contributed by atoms with Crippen LogP contribution in [0, 0.1) is 0 Å². The van der Waals surface area contributed by atoms with Crippen LogP contribution in [0.3, 0.4) is 0 Å². The predicted octanol–water partition coefficient (Wildman–Crippen LogP) is 3.27. The monoisotopic (exact) mass is 289 g/mol. The van der Waals surface area contributed by atoms with E-state index in [0.717, 1.165) is 0 Å². The van der Waals surface area contributed by atoms with E-state index in [9.17, 15) is 9.90 Å². The average Bonchev–Trinajstić information content (AvgIpc) is 2.39. The standard InChI is InChI=1S/C13H17Cl2NO2/c1-3-13(4-2,8-17)16-12(18)9-6-5-7-10(14)11(9)15/h5-7,17H,3-4,8H2,1-2H3,(H,16,18). The van der Waals surface area contributed by atoms with Gasteiger partial charge in [-0.25, -0.2) is 0 Å². The SMILES string of the molecule is CCC(CC)(CO)NC(=O)c1cccc(Cl)c1Cl. The molecule has 0 atom stereocenters. The van der Waals surface area contributed by atoms with E-state index in [-0.39, 0.29) is 17.5 Å². The fourth-order valence-corrected chi connectivity index (χ4v) is 2.06. The summed E-state index contributed by atoms with van der Waals surface area (Å²) in [4.78, 5) is 12.1. The lowest BCUT2D eigenvalue weighted by Crippen LogP contribution is -2.50. The van der Waals surface area contributed by atoms with E-state index >= 15 is 0 Å². The van der Waals surface area contributed by atoms with E-state index in [2.05, 4.69) is 5.32 Å². The van der Waals surface area contributed by atoms with Gasteiger partial charge in [0.05, 0.1) is 27.8 Å². The maximum atomic E-state index is 12.1. The zero-order valence-electron chi connectivity index (χ0n) is 10.5. The summed E-state index contributed by atoms with van der Waals surface area (Å²) >= 11 is 11.9. The topological polar surface area (TPSA) is 49.3 Å². The summed E-state index contributed by atoms with van der Waals surface area (Å²) in [7, 11) is 0. The Morgan fingerprint density at radius 2 is 1.94 bits per heavy atom. The zero-order valence-corrected chi connectivity index (χ0v) is 12.0. The first-order valence-corrected chi connectivity index (χ1v) is 6.62. The third-order valence-corrected chi connectivity index (χ3v) is 4.05. The molecule has 5 heteroatoms. The van der Waals surface area contributed by atoms with Gasteiger partial charge in [0, 0.05) is 0 Å². The molecule has 0 aliphatic rings. The van der Waals surface area contributed by atoms with E-state index in [1.54, 1.807) is 18.2 Å². The van der Waals surface area contributed by atoms with Gasteiger partial charge in [-0.05, 0) is 25.0 Å². The van der Waals surface area contributed by atoms with Gasteiger partial charge in [0.1, 0.15) is 0 Å². The summed E-state index contributed by atoms with van der Waals surface area (Å²) in [6.07, 6.45) is 1.29. The molecule has 0 unspecified atom stereocenters. The maximum absolute atomic E-state index is 12.1. The van der Waals surface area contributed by atoms with Crippen LogP contribution in [-0.4, -0.2) is 23.2 Å². The Hall–Kier alpha value is -0.770. The van der Waals surface area contributed by atoms with Crippen LogP contribution in [0.4, 0.5) is 0 Å². The summed E-state index contributed by atoms with van der Waals surface area (Å²) < 4.78 is 0. The van der Waals surface area contributed by atoms with Gasteiger partial charge in [0.15, 0.2) is 0 Å². The molecule has 0 aliphatic heterocycles. The molecule has 18 heavy (non-hydrogen) atoms. The largest absolute Gasteiger partial charge is 0.394 e. The molecule has 100 valence electrons. The second-order valence-corrected chi connectivity index (χ2v) is 4.99. The molecule has 3 nitrogen and oxygen atoms in total. The molecule has 0 saturated carbocycles. The fourth-order valence-electron chi connectivity index (χ4n) is 1.68. The van der Waals surface area contributed by atoms with E-state index in [0.29, 0.717) is 23.4 Å². The highest BCUT2D eigenvalue weighted by atomic mass is 35.5. The van der Waals surface area contributed by atoms with Crippen LogP contribution >= 0.6 is 23.2 Å². The van der Waals surface area contributed by atoms with E-state index < -0.39 is 5.54 Å². The predicted molar refractivity (Wildman–Crippen MR) is 74.3 cm³/mol. The van der Waals surface area contributed by atoms with Crippen LogP contribution < -0.4 is 5.32 Å². The molecular formula is C13H17Cl2NO2. The van der Waals surface area contributed by atoms with E-state index in [1.807, 2.05) is 13.8 Å². The Labute approximate surface area is 117 Å². The highest BCUT2D eigenvalue weighted by Crippen LogP contribution is 2.26. The number of benzene rings is 1. The minimum Gasteiger partial charge on any atom is -0.394 e. The molecule has 0 aromatic heterocycles. The number of aliphatic hydroxyl groups excluding tert-OH is 1. The van der Waals surface area contributed by atoms with Crippen molar-refractivity contribution in [2.45, 2.75) is 32.2 Å². The van der Waals surface area contributed by atoms with Crippen molar-refractivity contribution in [2.75, 3.05) is 6.61 Å². The zero-order chi connectivity index (χ0) is 13.8. The number of aliphatic hydroxyl groups is 1. The number of carbonyl (C=O) groups excluding carboxylic acids is 1. The second kappa shape index (κ2) is 6.41. The molecule has 1 aromatic carbocycles. The number of amides is 1. The van der Waals surface area contributed by atoms with Gasteiger partial charge >= 0.3 is 0 Å². The molecule has 1 rings (SSSR count). The fraction of sp³-hybridized carbons (Fsp3) is 0.462. The number of halogens is 2. The molecule has 0 aliphatic carbocycles. The van der Waals surface area contributed by atoms with E-state index in [4.69, 9.17) is 23.2 Å². The Morgan fingerprint density at radius 1 is 1.33 bits per heavy atom. The number of carbonyl (C=O) groups is 1. The van der Waals surface area contributed by atoms with Crippen LogP contribution in [0.25, 0.3) is 0 Å². The van der Waals surface area contributed by atoms with Crippen molar-refractivity contribution in [3.63, 3.8) is 0 Å². The summed E-state index contributed by atoms with van der Waals surface area (Å²) in [5, 5.41) is 12.8. The van der Waals surface area contributed by atoms with Crippen LogP contribution in [0.1, 0.15) is 37.0 Å². The van der Waals surface area contributed by atoms with Crippen molar-refractivity contribution < 1.29 is 9.90 Å². The summed E-state index contributed by atoms with van der Waals surface area (Å²) in [5.41, 5.74) is -0.285. The number of hydrogen-bond acceptors (Lipinski definition) is 2. The van der Waals surface area contributed by atoms with Gasteiger partial charge in [-0.2, -0.15) is 0 Å². The van der Waals surface area contributed by atoms with Crippen molar-refractivity contribution in [1.82, 2.24) is 5.32 Å². The van der Waals surface area contributed by atoms with Gasteiger partial charge in [0.25, 0.3) is 5.91 Å². The molecule has 0 saturated heterocycles. The summed E-state index contributed by atoms with van der Waals surface area (Å²) in [6.45, 7) is 3.73. The molecule has 0 fully saturated rings. The van der Waals surface area contributed by atoms with Crippen LogP contribution in [-0.2, 0) is 0 Å².